The van der Waals surface area contributed by atoms with Gasteiger partial charge in [-0.2, -0.15) is 8.42 Å². The molecule has 2 aromatic rings. The van der Waals surface area contributed by atoms with Crippen LogP contribution in [-0.4, -0.2) is 32.1 Å². The smallest absolute Gasteiger partial charge is 0.321 e. The Morgan fingerprint density at radius 2 is 1.72 bits per heavy atom. The second kappa shape index (κ2) is 6.66. The number of rotatable bonds is 3. The third kappa shape index (κ3) is 3.56. The number of carbonyl (C=O) groups is 1. The molecule has 0 saturated carbocycles. The fourth-order valence-corrected chi connectivity index (χ4v) is 4.32. The van der Waals surface area contributed by atoms with Crippen molar-refractivity contribution in [3.05, 3.63) is 45.4 Å². The van der Waals surface area contributed by atoms with Crippen molar-refractivity contribution in [3.8, 4) is 11.1 Å². The van der Waals surface area contributed by atoms with E-state index in [4.69, 9.17) is 34.8 Å². The van der Waals surface area contributed by atoms with Gasteiger partial charge in [0.05, 0.1) is 10.0 Å². The van der Waals surface area contributed by atoms with Crippen LogP contribution in [0.1, 0.15) is 0 Å². The van der Waals surface area contributed by atoms with Crippen molar-refractivity contribution < 1.29 is 17.8 Å². The Balaban J connectivity index is 2.28. The summed E-state index contributed by atoms with van der Waals surface area (Å²) in [6.07, 6.45) is 0. The minimum absolute atomic E-state index is 0.0753. The van der Waals surface area contributed by atoms with E-state index >= 15 is 0 Å². The summed E-state index contributed by atoms with van der Waals surface area (Å²) in [7, 11) is -4.55. The molecule has 132 valence electrons. The molecule has 1 fully saturated rings. The van der Waals surface area contributed by atoms with Gasteiger partial charge in [-0.1, -0.05) is 34.8 Å². The number of nitrogens with one attached hydrogen (secondary N) is 1. The van der Waals surface area contributed by atoms with Gasteiger partial charge in [0.2, 0.25) is 0 Å². The van der Waals surface area contributed by atoms with Gasteiger partial charge in [0.25, 0.3) is 10.1 Å². The van der Waals surface area contributed by atoms with Crippen molar-refractivity contribution in [1.82, 2.24) is 5.32 Å². The minimum atomic E-state index is -4.55. The van der Waals surface area contributed by atoms with Gasteiger partial charge in [-0.25, -0.2) is 4.79 Å². The molecule has 6 nitrogen and oxygen atoms in total. The van der Waals surface area contributed by atoms with Crippen LogP contribution in [0.2, 0.25) is 15.1 Å². The van der Waals surface area contributed by atoms with Crippen molar-refractivity contribution in [2.75, 3.05) is 18.0 Å². The molecule has 2 amide bonds. The van der Waals surface area contributed by atoms with Crippen molar-refractivity contribution in [2.45, 2.75) is 4.90 Å². The van der Waals surface area contributed by atoms with Crippen molar-refractivity contribution in [2.24, 2.45) is 0 Å². The van der Waals surface area contributed by atoms with Crippen LogP contribution < -0.4 is 10.2 Å². The minimum Gasteiger partial charge on any atom is -0.336 e. The second-order valence-electron chi connectivity index (χ2n) is 5.28. The first kappa shape index (κ1) is 18.3. The molecular weight excluding hydrogens is 411 g/mol. The van der Waals surface area contributed by atoms with Gasteiger partial charge in [0.1, 0.15) is 4.90 Å². The Bertz CT molecular complexity index is 956. The largest absolute Gasteiger partial charge is 0.336 e. The number of benzene rings is 2. The van der Waals surface area contributed by atoms with E-state index in [1.165, 1.54) is 35.2 Å². The van der Waals surface area contributed by atoms with E-state index in [1.807, 2.05) is 0 Å². The Labute approximate surface area is 159 Å². The third-order valence-corrected chi connectivity index (χ3v) is 5.41. The second-order valence-corrected chi connectivity index (χ2v) is 7.92. The molecule has 0 bridgehead atoms. The van der Waals surface area contributed by atoms with Crippen LogP contribution in [-0.2, 0) is 10.1 Å². The zero-order valence-corrected chi connectivity index (χ0v) is 15.5. The lowest BCUT2D eigenvalue weighted by Gasteiger charge is -2.18. The highest BCUT2D eigenvalue weighted by atomic mass is 35.5. The fraction of sp³-hybridized carbons (Fsp3) is 0.133. The molecule has 1 saturated heterocycles. The van der Waals surface area contributed by atoms with Gasteiger partial charge in [-0.05, 0) is 30.3 Å². The van der Waals surface area contributed by atoms with E-state index in [2.05, 4.69) is 5.32 Å². The van der Waals surface area contributed by atoms with Gasteiger partial charge in [0.15, 0.2) is 0 Å². The lowest BCUT2D eigenvalue weighted by molar-refractivity contribution is 0.252. The maximum absolute atomic E-state index is 11.9. The molecular formula is C15H11Cl3N2O4S. The maximum Gasteiger partial charge on any atom is 0.321 e. The number of hydrogen-bond donors (Lipinski definition) is 2. The van der Waals surface area contributed by atoms with Gasteiger partial charge < -0.3 is 5.32 Å². The highest BCUT2D eigenvalue weighted by Gasteiger charge is 2.26. The summed E-state index contributed by atoms with van der Waals surface area (Å²) in [4.78, 5) is 12.9. The Hall–Kier alpha value is -1.51. The van der Waals surface area contributed by atoms with Crippen LogP contribution >= 0.6 is 34.8 Å². The van der Waals surface area contributed by atoms with E-state index in [-0.39, 0.29) is 37.1 Å². The van der Waals surface area contributed by atoms with Crippen LogP contribution in [0.3, 0.4) is 0 Å². The molecule has 3 rings (SSSR count). The molecule has 1 aliphatic heterocycles. The summed E-state index contributed by atoms with van der Waals surface area (Å²) in [5.41, 5.74) is 0.715. The Morgan fingerprint density at radius 3 is 2.24 bits per heavy atom. The third-order valence-electron chi connectivity index (χ3n) is 3.69. The molecule has 0 radical (unpaired) electrons. The lowest BCUT2D eigenvalue weighted by atomic mass is 10.0. The predicted octanol–water partition coefficient (Wildman–Crippen LogP) is 4.09. The summed E-state index contributed by atoms with van der Waals surface area (Å²) >= 11 is 18.3. The zero-order valence-electron chi connectivity index (χ0n) is 12.5. The number of nitrogens with zero attached hydrogens (tertiary/aromatic N) is 1. The molecule has 0 atom stereocenters. The number of halogens is 3. The summed E-state index contributed by atoms with van der Waals surface area (Å²) in [6, 6.07) is 6.58. The van der Waals surface area contributed by atoms with Crippen molar-refractivity contribution in [3.63, 3.8) is 0 Å². The van der Waals surface area contributed by atoms with E-state index < -0.39 is 10.1 Å². The van der Waals surface area contributed by atoms with Crippen LogP contribution in [0.5, 0.6) is 0 Å². The summed E-state index contributed by atoms with van der Waals surface area (Å²) < 4.78 is 33.1. The first-order valence-corrected chi connectivity index (χ1v) is 9.57. The normalized spacial score (nSPS) is 14.7. The predicted molar refractivity (Wildman–Crippen MR) is 97.5 cm³/mol. The number of hydrogen-bond acceptors (Lipinski definition) is 3. The van der Waals surface area contributed by atoms with Gasteiger partial charge in [0, 0.05) is 34.9 Å². The molecule has 25 heavy (non-hydrogen) atoms. The average molecular weight is 422 g/mol. The molecule has 0 aromatic heterocycles. The van der Waals surface area contributed by atoms with E-state index in [1.54, 1.807) is 0 Å². The van der Waals surface area contributed by atoms with Gasteiger partial charge in [-0.3, -0.25) is 9.45 Å². The van der Waals surface area contributed by atoms with E-state index in [9.17, 15) is 17.8 Å². The maximum atomic E-state index is 11.9. The van der Waals surface area contributed by atoms with Crippen LogP contribution in [0, 0.1) is 0 Å². The molecule has 2 N–H and O–H groups in total. The highest BCUT2D eigenvalue weighted by Crippen LogP contribution is 2.41. The molecule has 0 aliphatic carbocycles. The summed E-state index contributed by atoms with van der Waals surface area (Å²) in [5, 5.41) is 3.16. The first-order valence-electron chi connectivity index (χ1n) is 7.00. The van der Waals surface area contributed by atoms with E-state index in [0.717, 1.165) is 0 Å². The number of carbonyl (C=O) groups excluding carboxylic acids is 1. The first-order chi connectivity index (χ1) is 11.7. The number of anilines is 1. The van der Waals surface area contributed by atoms with Crippen LogP contribution in [0.15, 0.2) is 35.2 Å². The Morgan fingerprint density at radius 1 is 1.08 bits per heavy atom. The van der Waals surface area contributed by atoms with Gasteiger partial charge in [-0.15, -0.1) is 0 Å². The zero-order chi connectivity index (χ0) is 18.4. The van der Waals surface area contributed by atoms with Crippen LogP contribution in [0.25, 0.3) is 11.1 Å². The summed E-state index contributed by atoms with van der Waals surface area (Å²) in [6.45, 7) is 0.891. The number of urea groups is 1. The number of amides is 2. The molecule has 10 heteroatoms. The van der Waals surface area contributed by atoms with E-state index in [0.29, 0.717) is 18.8 Å². The molecule has 2 aromatic carbocycles. The molecule has 1 aliphatic rings. The standard InChI is InChI=1S/C15H11Cl3N2O4S/c16-8-5-11(17)14(12(18)6-8)10-7-9(20-4-3-19-15(20)21)1-2-13(10)25(22,23)24/h1-2,5-7H,3-4H2,(H,19,21)(H,22,23,24). The average Bonchev–Trinajstić information content (AvgIpc) is 2.91. The monoisotopic (exact) mass is 420 g/mol. The molecule has 1 heterocycles. The highest BCUT2D eigenvalue weighted by molar-refractivity contribution is 7.86. The Kier molecular flexibility index (Phi) is 4.87. The quantitative estimate of drug-likeness (QED) is 0.731. The topological polar surface area (TPSA) is 86.7 Å². The molecule has 0 spiro atoms. The SMILES string of the molecule is O=C1NCCN1c1ccc(S(=O)(=O)O)c(-c2c(Cl)cc(Cl)cc2Cl)c1. The molecule has 0 unspecified atom stereocenters. The van der Waals surface area contributed by atoms with Gasteiger partial charge >= 0.3 is 6.03 Å². The lowest BCUT2D eigenvalue weighted by Crippen LogP contribution is -2.27. The fourth-order valence-electron chi connectivity index (χ4n) is 2.62. The summed E-state index contributed by atoms with van der Waals surface area (Å²) in [5.74, 6) is 0. The van der Waals surface area contributed by atoms with Crippen molar-refractivity contribution >= 4 is 56.6 Å². The van der Waals surface area contributed by atoms with Crippen molar-refractivity contribution in [1.29, 1.82) is 0 Å². The van der Waals surface area contributed by atoms with Crippen LogP contribution in [0.4, 0.5) is 10.5 Å².